The zero-order chi connectivity index (χ0) is 14.2. The molecule has 1 aliphatic rings. The van der Waals surface area contributed by atoms with Gasteiger partial charge in [-0.3, -0.25) is 4.79 Å². The number of hydrogen-bond donors (Lipinski definition) is 1. The molecule has 19 heavy (non-hydrogen) atoms. The fourth-order valence-corrected chi connectivity index (χ4v) is 1.93. The van der Waals surface area contributed by atoms with Crippen LogP contribution in [0.5, 0.6) is 0 Å². The van der Waals surface area contributed by atoms with Crippen molar-refractivity contribution in [2.75, 3.05) is 0 Å². The summed E-state index contributed by atoms with van der Waals surface area (Å²) in [5.74, 6) is -3.54. The van der Waals surface area contributed by atoms with Gasteiger partial charge in [-0.2, -0.15) is 0 Å². The van der Waals surface area contributed by atoms with E-state index >= 15 is 0 Å². The molecule has 0 saturated heterocycles. The molecule has 0 heterocycles. The topological polar surface area (TPSA) is 57.6 Å². The van der Waals surface area contributed by atoms with E-state index in [0.29, 0.717) is 12.8 Å². The van der Waals surface area contributed by atoms with Crippen molar-refractivity contribution in [3.05, 3.63) is 35.4 Å². The number of carboxylic acid groups (broad SMARTS) is 1. The molecular formula is C13H13F2NO3. The Hall–Kier alpha value is -1.98. The highest BCUT2D eigenvalue weighted by molar-refractivity contribution is 5.97. The number of amides is 1. The van der Waals surface area contributed by atoms with Gasteiger partial charge in [-0.05, 0) is 38.0 Å². The lowest BCUT2D eigenvalue weighted by atomic mass is 10.1. The Morgan fingerprint density at radius 1 is 1.37 bits per heavy atom. The number of benzene rings is 1. The second-order valence-electron chi connectivity index (χ2n) is 4.58. The molecule has 1 aromatic carbocycles. The Labute approximate surface area is 108 Å². The monoisotopic (exact) mass is 269 g/mol. The van der Waals surface area contributed by atoms with Crippen LogP contribution in [-0.2, 0) is 4.79 Å². The molecule has 0 aliphatic heterocycles. The summed E-state index contributed by atoms with van der Waals surface area (Å²) in [6.07, 6.45) is 1.36. The van der Waals surface area contributed by atoms with Gasteiger partial charge in [-0.1, -0.05) is 0 Å². The average molecular weight is 269 g/mol. The fourth-order valence-electron chi connectivity index (χ4n) is 1.93. The summed E-state index contributed by atoms with van der Waals surface area (Å²) < 4.78 is 26.7. The smallest absolute Gasteiger partial charge is 0.326 e. The van der Waals surface area contributed by atoms with E-state index in [1.165, 1.54) is 6.92 Å². The largest absolute Gasteiger partial charge is 0.480 e. The maximum absolute atomic E-state index is 13.6. The third-order valence-corrected chi connectivity index (χ3v) is 3.11. The SMILES string of the molecule is CC(C(=O)O)N(C(=O)c1cc(F)ccc1F)C1CC1. The highest BCUT2D eigenvalue weighted by Gasteiger charge is 2.39. The van der Waals surface area contributed by atoms with Gasteiger partial charge >= 0.3 is 5.97 Å². The molecule has 1 fully saturated rings. The zero-order valence-corrected chi connectivity index (χ0v) is 10.3. The van der Waals surface area contributed by atoms with E-state index < -0.39 is 35.1 Å². The van der Waals surface area contributed by atoms with Crippen LogP contribution in [0.1, 0.15) is 30.1 Å². The number of nitrogens with zero attached hydrogens (tertiary/aromatic N) is 1. The molecule has 1 N–H and O–H groups in total. The van der Waals surface area contributed by atoms with Crippen LogP contribution in [0, 0.1) is 11.6 Å². The van der Waals surface area contributed by atoms with Crippen LogP contribution in [0.15, 0.2) is 18.2 Å². The van der Waals surface area contributed by atoms with Gasteiger partial charge in [-0.15, -0.1) is 0 Å². The van der Waals surface area contributed by atoms with Gasteiger partial charge in [0.1, 0.15) is 17.7 Å². The van der Waals surface area contributed by atoms with Gasteiger partial charge < -0.3 is 10.0 Å². The van der Waals surface area contributed by atoms with Crippen molar-refractivity contribution in [2.24, 2.45) is 0 Å². The molecule has 1 atom stereocenters. The molecule has 0 spiro atoms. The summed E-state index contributed by atoms with van der Waals surface area (Å²) in [5, 5.41) is 8.99. The second kappa shape index (κ2) is 4.95. The summed E-state index contributed by atoms with van der Waals surface area (Å²) in [7, 11) is 0. The molecular weight excluding hydrogens is 256 g/mol. The summed E-state index contributed by atoms with van der Waals surface area (Å²) in [4.78, 5) is 24.3. The van der Waals surface area contributed by atoms with Crippen LogP contribution in [0.25, 0.3) is 0 Å². The number of rotatable bonds is 4. The number of aliphatic carboxylic acids is 1. The molecule has 6 heteroatoms. The van der Waals surface area contributed by atoms with Crippen molar-refractivity contribution in [2.45, 2.75) is 31.8 Å². The highest BCUT2D eigenvalue weighted by atomic mass is 19.1. The van der Waals surface area contributed by atoms with Gasteiger partial charge in [0.15, 0.2) is 0 Å². The van der Waals surface area contributed by atoms with Crippen molar-refractivity contribution in [1.82, 2.24) is 4.90 Å². The Balaban J connectivity index is 2.34. The van der Waals surface area contributed by atoms with E-state index in [4.69, 9.17) is 5.11 Å². The minimum Gasteiger partial charge on any atom is -0.480 e. The zero-order valence-electron chi connectivity index (χ0n) is 10.3. The van der Waals surface area contributed by atoms with Crippen molar-refractivity contribution in [3.8, 4) is 0 Å². The highest BCUT2D eigenvalue weighted by Crippen LogP contribution is 2.30. The maximum Gasteiger partial charge on any atom is 0.326 e. The Bertz CT molecular complexity index is 529. The molecule has 1 unspecified atom stereocenters. The van der Waals surface area contributed by atoms with Crippen molar-refractivity contribution in [1.29, 1.82) is 0 Å². The van der Waals surface area contributed by atoms with E-state index in [0.717, 1.165) is 23.1 Å². The number of halogens is 2. The lowest BCUT2D eigenvalue weighted by molar-refractivity contribution is -0.141. The van der Waals surface area contributed by atoms with E-state index in [1.807, 2.05) is 0 Å². The standard InChI is InChI=1S/C13H13F2NO3/c1-7(13(18)19)16(9-3-4-9)12(17)10-6-8(14)2-5-11(10)15/h2,5-7,9H,3-4H2,1H3,(H,18,19). The van der Waals surface area contributed by atoms with E-state index in [1.54, 1.807) is 0 Å². The van der Waals surface area contributed by atoms with Gasteiger partial charge in [0.25, 0.3) is 5.91 Å². The number of carbonyl (C=O) groups excluding carboxylic acids is 1. The second-order valence-corrected chi connectivity index (χ2v) is 4.58. The average Bonchev–Trinajstić information content (AvgIpc) is 3.16. The summed E-state index contributed by atoms with van der Waals surface area (Å²) in [6, 6.07) is 1.29. The van der Waals surface area contributed by atoms with Crippen LogP contribution in [0.4, 0.5) is 8.78 Å². The van der Waals surface area contributed by atoms with E-state index in [-0.39, 0.29) is 6.04 Å². The lowest BCUT2D eigenvalue weighted by Crippen LogP contribution is -2.45. The van der Waals surface area contributed by atoms with Crippen LogP contribution >= 0.6 is 0 Å². The minimum atomic E-state index is -1.17. The molecule has 4 nitrogen and oxygen atoms in total. The van der Waals surface area contributed by atoms with Gasteiger partial charge in [0.05, 0.1) is 5.56 Å². The Morgan fingerprint density at radius 2 is 2.00 bits per heavy atom. The molecule has 1 aliphatic carbocycles. The quantitative estimate of drug-likeness (QED) is 0.910. The van der Waals surface area contributed by atoms with Gasteiger partial charge in [0, 0.05) is 6.04 Å². The molecule has 1 amide bonds. The molecule has 102 valence electrons. The Morgan fingerprint density at radius 3 is 2.53 bits per heavy atom. The predicted molar refractivity (Wildman–Crippen MR) is 62.6 cm³/mol. The molecule has 1 aromatic rings. The summed E-state index contributed by atoms with van der Waals surface area (Å²) in [6.45, 7) is 1.36. The minimum absolute atomic E-state index is 0.207. The van der Waals surface area contributed by atoms with Gasteiger partial charge in [0.2, 0.25) is 0 Å². The maximum atomic E-state index is 13.6. The van der Waals surface area contributed by atoms with Crippen LogP contribution in [0.3, 0.4) is 0 Å². The first-order chi connectivity index (χ1) is 8.91. The van der Waals surface area contributed by atoms with Crippen molar-refractivity contribution < 1.29 is 23.5 Å². The first kappa shape index (κ1) is 13.5. The normalized spacial score (nSPS) is 15.9. The molecule has 1 saturated carbocycles. The van der Waals surface area contributed by atoms with Crippen LogP contribution < -0.4 is 0 Å². The van der Waals surface area contributed by atoms with Crippen molar-refractivity contribution >= 4 is 11.9 Å². The van der Waals surface area contributed by atoms with Crippen LogP contribution in [-0.4, -0.2) is 34.0 Å². The van der Waals surface area contributed by atoms with Crippen LogP contribution in [0.2, 0.25) is 0 Å². The summed E-state index contributed by atoms with van der Waals surface area (Å²) in [5.41, 5.74) is -0.431. The third kappa shape index (κ3) is 2.72. The van der Waals surface area contributed by atoms with E-state index in [2.05, 4.69) is 0 Å². The molecule has 2 rings (SSSR count). The number of carboxylic acids is 1. The third-order valence-electron chi connectivity index (χ3n) is 3.11. The Kier molecular flexibility index (Phi) is 3.50. The fraction of sp³-hybridized carbons (Fsp3) is 0.385. The molecule has 0 aromatic heterocycles. The summed E-state index contributed by atoms with van der Waals surface area (Å²) >= 11 is 0. The van der Waals surface area contributed by atoms with Gasteiger partial charge in [-0.25, -0.2) is 13.6 Å². The molecule has 0 radical (unpaired) electrons. The molecule has 0 bridgehead atoms. The lowest BCUT2D eigenvalue weighted by Gasteiger charge is -2.26. The van der Waals surface area contributed by atoms with Crippen molar-refractivity contribution in [3.63, 3.8) is 0 Å². The first-order valence-electron chi connectivity index (χ1n) is 5.92. The predicted octanol–water partition coefficient (Wildman–Crippen LogP) is 2.04. The van der Waals surface area contributed by atoms with E-state index in [9.17, 15) is 18.4 Å². The number of carbonyl (C=O) groups is 2. The number of hydrogen-bond acceptors (Lipinski definition) is 2. The first-order valence-corrected chi connectivity index (χ1v) is 5.92.